The van der Waals surface area contributed by atoms with Crippen LogP contribution in [0.1, 0.15) is 10.4 Å². The van der Waals surface area contributed by atoms with Gasteiger partial charge >= 0.3 is 0 Å². The number of hydrogen-bond acceptors (Lipinski definition) is 1. The third-order valence-electron chi connectivity index (χ3n) is 3.43. The summed E-state index contributed by atoms with van der Waals surface area (Å²) in [5, 5.41) is 3.05. The number of benzene rings is 3. The Balaban J connectivity index is 1.95. The molecule has 1 N–H and O–H groups in total. The molecule has 4 heteroatoms. The van der Waals surface area contributed by atoms with Crippen LogP contribution in [-0.2, 0) is 0 Å². The van der Waals surface area contributed by atoms with Crippen molar-refractivity contribution in [2.24, 2.45) is 0 Å². The number of para-hydroxylation sites is 1. The Hall–Kier alpha value is -1.41. The number of anilines is 1. The Bertz CT molecular complexity index is 847. The maximum absolute atomic E-state index is 12.7. The van der Waals surface area contributed by atoms with Gasteiger partial charge in [-0.2, -0.15) is 0 Å². The van der Waals surface area contributed by atoms with Crippen LogP contribution in [0, 0.1) is 7.14 Å². The molecule has 0 aliphatic heterocycles. The molecule has 2 nitrogen and oxygen atoms in total. The second-order valence-corrected chi connectivity index (χ2v) is 7.40. The lowest BCUT2D eigenvalue weighted by molar-refractivity contribution is 0.102. The molecule has 23 heavy (non-hydrogen) atoms. The highest BCUT2D eigenvalue weighted by atomic mass is 127. The minimum absolute atomic E-state index is 0.0868. The first-order chi connectivity index (χ1) is 11.1. The van der Waals surface area contributed by atoms with Crippen LogP contribution in [0.2, 0.25) is 0 Å². The molecular weight excluding hydrogens is 512 g/mol. The van der Waals surface area contributed by atoms with E-state index in [0.29, 0.717) is 5.56 Å². The van der Waals surface area contributed by atoms with Crippen molar-refractivity contribution < 1.29 is 4.79 Å². The summed E-state index contributed by atoms with van der Waals surface area (Å²) in [6.45, 7) is 0. The van der Waals surface area contributed by atoms with Crippen LogP contribution in [0.15, 0.2) is 72.8 Å². The predicted octanol–water partition coefficient (Wildman–Crippen LogP) is 5.82. The number of hydrogen-bond donors (Lipinski definition) is 1. The van der Waals surface area contributed by atoms with E-state index in [9.17, 15) is 4.79 Å². The molecule has 3 aromatic carbocycles. The van der Waals surface area contributed by atoms with Crippen LogP contribution in [-0.4, -0.2) is 5.91 Å². The fourth-order valence-electron chi connectivity index (χ4n) is 2.32. The molecule has 0 bridgehead atoms. The molecule has 0 spiro atoms. The molecule has 0 saturated heterocycles. The Labute approximate surface area is 162 Å². The van der Waals surface area contributed by atoms with E-state index in [1.807, 2.05) is 72.8 Å². The van der Waals surface area contributed by atoms with Crippen LogP contribution < -0.4 is 5.32 Å². The molecule has 1 amide bonds. The van der Waals surface area contributed by atoms with Gasteiger partial charge in [-0.3, -0.25) is 4.79 Å². The van der Waals surface area contributed by atoms with Gasteiger partial charge in [0.1, 0.15) is 0 Å². The number of halogens is 2. The van der Waals surface area contributed by atoms with E-state index in [1.54, 1.807) is 0 Å². The molecule has 0 atom stereocenters. The summed E-state index contributed by atoms with van der Waals surface area (Å²) < 4.78 is 1.99. The van der Waals surface area contributed by atoms with Crippen LogP contribution in [0.4, 0.5) is 5.69 Å². The molecule has 0 aromatic heterocycles. The van der Waals surface area contributed by atoms with E-state index >= 15 is 0 Å². The summed E-state index contributed by atoms with van der Waals surface area (Å²) in [5.74, 6) is -0.0868. The maximum Gasteiger partial charge on any atom is 0.256 e. The third-order valence-corrected chi connectivity index (χ3v) is 5.04. The van der Waals surface area contributed by atoms with E-state index in [4.69, 9.17) is 0 Å². The molecule has 3 rings (SSSR count). The van der Waals surface area contributed by atoms with Gasteiger partial charge in [-0.15, -0.1) is 0 Å². The zero-order chi connectivity index (χ0) is 16.2. The molecule has 0 radical (unpaired) electrons. The highest BCUT2D eigenvalue weighted by Crippen LogP contribution is 2.28. The maximum atomic E-state index is 12.7. The van der Waals surface area contributed by atoms with Crippen LogP contribution in [0.5, 0.6) is 0 Å². The first-order valence-corrected chi connectivity index (χ1v) is 9.22. The summed E-state index contributed by atoms with van der Waals surface area (Å²) in [5.41, 5.74) is 3.61. The number of amides is 1. The van der Waals surface area contributed by atoms with Gasteiger partial charge in [0.2, 0.25) is 0 Å². The fraction of sp³-hybridized carbons (Fsp3) is 0. The van der Waals surface area contributed by atoms with Crippen molar-refractivity contribution in [2.75, 3.05) is 5.32 Å². The van der Waals surface area contributed by atoms with Gasteiger partial charge in [0.05, 0.1) is 5.56 Å². The standard InChI is InChI=1S/C19H13I2NO/c20-14-10-11-17(21)16(12-14)19(23)22-18-9-5-4-8-15(18)13-6-2-1-3-7-13/h1-12H,(H,22,23). The summed E-state index contributed by atoms with van der Waals surface area (Å²) in [6.07, 6.45) is 0. The first kappa shape index (κ1) is 16.4. The van der Waals surface area contributed by atoms with Crippen molar-refractivity contribution in [3.8, 4) is 11.1 Å². The van der Waals surface area contributed by atoms with Crippen LogP contribution >= 0.6 is 45.2 Å². The second-order valence-electron chi connectivity index (χ2n) is 4.99. The highest BCUT2D eigenvalue weighted by Gasteiger charge is 2.13. The molecule has 0 saturated carbocycles. The predicted molar refractivity (Wildman–Crippen MR) is 112 cm³/mol. The van der Waals surface area contributed by atoms with Crippen molar-refractivity contribution in [3.05, 3.63) is 85.5 Å². The quantitative estimate of drug-likeness (QED) is 0.430. The third kappa shape index (κ3) is 3.92. The van der Waals surface area contributed by atoms with Gasteiger partial charge in [0.15, 0.2) is 0 Å². The minimum Gasteiger partial charge on any atom is -0.321 e. The molecule has 114 valence electrons. The van der Waals surface area contributed by atoms with Gasteiger partial charge in [0.25, 0.3) is 5.91 Å². The zero-order valence-electron chi connectivity index (χ0n) is 12.1. The van der Waals surface area contributed by atoms with Gasteiger partial charge in [0, 0.05) is 18.4 Å². The lowest BCUT2D eigenvalue weighted by Gasteiger charge is -2.12. The highest BCUT2D eigenvalue weighted by molar-refractivity contribution is 14.1. The van der Waals surface area contributed by atoms with E-state index in [2.05, 4.69) is 50.5 Å². The van der Waals surface area contributed by atoms with E-state index < -0.39 is 0 Å². The lowest BCUT2D eigenvalue weighted by Crippen LogP contribution is -2.14. The van der Waals surface area contributed by atoms with Gasteiger partial charge in [-0.05, 0) is 75.0 Å². The fourth-order valence-corrected chi connectivity index (χ4v) is 3.39. The number of rotatable bonds is 3. The normalized spacial score (nSPS) is 10.3. The Morgan fingerprint density at radius 1 is 0.826 bits per heavy atom. The zero-order valence-corrected chi connectivity index (χ0v) is 16.4. The molecular formula is C19H13I2NO. The SMILES string of the molecule is O=C(Nc1ccccc1-c1ccccc1)c1cc(I)ccc1I. The first-order valence-electron chi connectivity index (χ1n) is 7.06. The summed E-state index contributed by atoms with van der Waals surface area (Å²) >= 11 is 4.41. The topological polar surface area (TPSA) is 29.1 Å². The van der Waals surface area contributed by atoms with Crippen molar-refractivity contribution >= 4 is 56.8 Å². The Morgan fingerprint density at radius 3 is 2.30 bits per heavy atom. The molecule has 0 unspecified atom stereocenters. The molecule has 0 aliphatic rings. The Morgan fingerprint density at radius 2 is 1.52 bits per heavy atom. The van der Waals surface area contributed by atoms with Crippen molar-refractivity contribution in [1.82, 2.24) is 0 Å². The van der Waals surface area contributed by atoms with Crippen LogP contribution in [0.3, 0.4) is 0 Å². The second kappa shape index (κ2) is 7.44. The molecule has 0 fully saturated rings. The van der Waals surface area contributed by atoms with Crippen LogP contribution in [0.25, 0.3) is 11.1 Å². The number of carbonyl (C=O) groups excluding carboxylic acids is 1. The van der Waals surface area contributed by atoms with E-state index in [1.165, 1.54) is 0 Å². The minimum atomic E-state index is -0.0868. The lowest BCUT2D eigenvalue weighted by atomic mass is 10.0. The Kier molecular flexibility index (Phi) is 5.32. The summed E-state index contributed by atoms with van der Waals surface area (Å²) in [6, 6.07) is 23.8. The smallest absolute Gasteiger partial charge is 0.256 e. The monoisotopic (exact) mass is 525 g/mol. The van der Waals surface area contributed by atoms with Crippen molar-refractivity contribution in [1.29, 1.82) is 0 Å². The summed E-state index contributed by atoms with van der Waals surface area (Å²) in [7, 11) is 0. The van der Waals surface area contributed by atoms with E-state index in [0.717, 1.165) is 24.0 Å². The van der Waals surface area contributed by atoms with Gasteiger partial charge in [-0.25, -0.2) is 0 Å². The summed E-state index contributed by atoms with van der Waals surface area (Å²) in [4.78, 5) is 12.7. The van der Waals surface area contributed by atoms with Gasteiger partial charge < -0.3 is 5.32 Å². The van der Waals surface area contributed by atoms with Crippen molar-refractivity contribution in [2.45, 2.75) is 0 Å². The number of nitrogens with one attached hydrogen (secondary N) is 1. The molecule has 0 heterocycles. The number of carbonyl (C=O) groups is 1. The largest absolute Gasteiger partial charge is 0.321 e. The molecule has 3 aromatic rings. The van der Waals surface area contributed by atoms with E-state index in [-0.39, 0.29) is 5.91 Å². The average Bonchev–Trinajstić information content (AvgIpc) is 2.58. The van der Waals surface area contributed by atoms with Gasteiger partial charge in [-0.1, -0.05) is 48.5 Å². The average molecular weight is 525 g/mol. The van der Waals surface area contributed by atoms with Crippen molar-refractivity contribution in [3.63, 3.8) is 0 Å². The molecule has 0 aliphatic carbocycles.